The van der Waals surface area contributed by atoms with Crippen LogP contribution in [0.2, 0.25) is 0 Å². The number of ether oxygens (including phenoxy) is 1. The molecule has 0 bridgehead atoms. The second-order valence-corrected chi connectivity index (χ2v) is 6.09. The number of aromatic nitrogens is 1. The van der Waals surface area contributed by atoms with Crippen molar-refractivity contribution >= 4 is 5.91 Å². The lowest BCUT2D eigenvalue weighted by Crippen LogP contribution is -2.45. The minimum Gasteiger partial charge on any atom is -0.473 e. The Morgan fingerprint density at radius 2 is 1.96 bits per heavy atom. The summed E-state index contributed by atoms with van der Waals surface area (Å²) in [5.41, 5.74) is 1.53. The number of pyridine rings is 1. The Balaban J connectivity index is 1.54. The number of benzene rings is 1. The monoisotopic (exact) mass is 326 g/mol. The normalized spacial score (nSPS) is 20.4. The molecular formula is C19H22N2O3. The quantitative estimate of drug-likeness (QED) is 0.886. The molecule has 1 saturated carbocycles. The fraction of sp³-hybridized carbons (Fsp3) is 0.368. The maximum Gasteiger partial charge on any atom is 0.253 e. The molecule has 1 fully saturated rings. The van der Waals surface area contributed by atoms with Gasteiger partial charge in [0.1, 0.15) is 6.61 Å². The van der Waals surface area contributed by atoms with Crippen molar-refractivity contribution in [2.75, 3.05) is 0 Å². The molecule has 0 saturated heterocycles. The molecule has 0 spiro atoms. The van der Waals surface area contributed by atoms with Crippen molar-refractivity contribution in [1.82, 2.24) is 10.3 Å². The molecule has 1 aliphatic carbocycles. The molecule has 1 aromatic carbocycles. The van der Waals surface area contributed by atoms with E-state index in [2.05, 4.69) is 10.3 Å². The second kappa shape index (κ2) is 7.93. The first-order valence-electron chi connectivity index (χ1n) is 8.34. The van der Waals surface area contributed by atoms with Gasteiger partial charge in [-0.2, -0.15) is 0 Å². The molecule has 1 amide bonds. The molecule has 2 aromatic rings. The van der Waals surface area contributed by atoms with Gasteiger partial charge in [0.05, 0.1) is 17.7 Å². The van der Waals surface area contributed by atoms with Crippen LogP contribution in [-0.4, -0.2) is 28.1 Å². The number of amides is 1. The number of carbonyl (C=O) groups is 1. The molecule has 126 valence electrons. The van der Waals surface area contributed by atoms with E-state index in [1.54, 1.807) is 12.1 Å². The van der Waals surface area contributed by atoms with Crippen molar-refractivity contribution in [3.05, 3.63) is 59.8 Å². The highest BCUT2D eigenvalue weighted by molar-refractivity contribution is 5.94. The van der Waals surface area contributed by atoms with Crippen LogP contribution in [0, 0.1) is 0 Å². The standard InChI is InChI=1S/C19H22N2O3/c22-17-9-5-4-8-16(17)21-19(23)15-10-11-18(20-12-15)24-13-14-6-2-1-3-7-14/h1-3,6-7,10-12,16-17,22H,4-5,8-9,13H2,(H,21,23)/t16-,17-/m0/s1. The third kappa shape index (κ3) is 4.32. The minimum atomic E-state index is -0.455. The molecule has 0 unspecified atom stereocenters. The summed E-state index contributed by atoms with van der Waals surface area (Å²) in [5, 5.41) is 12.8. The third-order valence-corrected chi connectivity index (χ3v) is 4.27. The highest BCUT2D eigenvalue weighted by Gasteiger charge is 2.24. The highest BCUT2D eigenvalue weighted by Crippen LogP contribution is 2.19. The van der Waals surface area contributed by atoms with E-state index >= 15 is 0 Å². The van der Waals surface area contributed by atoms with Gasteiger partial charge in [-0.25, -0.2) is 4.98 Å². The van der Waals surface area contributed by atoms with Crippen LogP contribution in [0.25, 0.3) is 0 Å². The smallest absolute Gasteiger partial charge is 0.253 e. The lowest BCUT2D eigenvalue weighted by atomic mass is 9.92. The Bertz CT molecular complexity index is 658. The molecule has 2 N–H and O–H groups in total. The second-order valence-electron chi connectivity index (χ2n) is 6.09. The molecule has 1 aromatic heterocycles. The van der Waals surface area contributed by atoms with E-state index < -0.39 is 6.10 Å². The maximum atomic E-state index is 12.2. The van der Waals surface area contributed by atoms with Gasteiger partial charge in [0.25, 0.3) is 5.91 Å². The number of aliphatic hydroxyl groups excluding tert-OH is 1. The van der Waals surface area contributed by atoms with E-state index in [1.165, 1.54) is 6.20 Å². The van der Waals surface area contributed by atoms with Gasteiger partial charge in [-0.3, -0.25) is 4.79 Å². The molecule has 5 heteroatoms. The van der Waals surface area contributed by atoms with Crippen molar-refractivity contribution in [2.24, 2.45) is 0 Å². The molecule has 0 radical (unpaired) electrons. The maximum absolute atomic E-state index is 12.2. The first kappa shape index (κ1) is 16.5. The summed E-state index contributed by atoms with van der Waals surface area (Å²) in [4.78, 5) is 16.4. The topological polar surface area (TPSA) is 71.5 Å². The van der Waals surface area contributed by atoms with Crippen molar-refractivity contribution in [2.45, 2.75) is 44.4 Å². The predicted molar refractivity (Wildman–Crippen MR) is 90.7 cm³/mol. The average molecular weight is 326 g/mol. The molecule has 0 aliphatic heterocycles. The van der Waals surface area contributed by atoms with Crippen LogP contribution in [0.1, 0.15) is 41.6 Å². The first-order chi connectivity index (χ1) is 11.7. The number of rotatable bonds is 5. The summed E-state index contributed by atoms with van der Waals surface area (Å²) in [5.74, 6) is 0.274. The van der Waals surface area contributed by atoms with Crippen LogP contribution >= 0.6 is 0 Å². The Hall–Kier alpha value is -2.40. The zero-order chi connectivity index (χ0) is 16.8. The van der Waals surface area contributed by atoms with Crippen LogP contribution in [-0.2, 0) is 6.61 Å². The molecule has 24 heavy (non-hydrogen) atoms. The zero-order valence-electron chi connectivity index (χ0n) is 13.5. The van der Waals surface area contributed by atoms with Gasteiger partial charge in [-0.1, -0.05) is 43.2 Å². The van der Waals surface area contributed by atoms with Gasteiger partial charge in [-0.05, 0) is 24.5 Å². The molecule has 1 aliphatic rings. The Morgan fingerprint density at radius 1 is 1.17 bits per heavy atom. The Labute approximate surface area is 141 Å². The summed E-state index contributed by atoms with van der Waals surface area (Å²) in [6.07, 6.45) is 4.66. The van der Waals surface area contributed by atoms with Gasteiger partial charge in [0.2, 0.25) is 5.88 Å². The van der Waals surface area contributed by atoms with Crippen LogP contribution in [0.3, 0.4) is 0 Å². The van der Waals surface area contributed by atoms with Crippen LogP contribution in [0.15, 0.2) is 48.7 Å². The minimum absolute atomic E-state index is 0.166. The summed E-state index contributed by atoms with van der Waals surface area (Å²) < 4.78 is 5.61. The van der Waals surface area contributed by atoms with Gasteiger partial charge < -0.3 is 15.2 Å². The van der Waals surface area contributed by atoms with E-state index in [9.17, 15) is 9.90 Å². The Kier molecular flexibility index (Phi) is 5.43. The lowest BCUT2D eigenvalue weighted by Gasteiger charge is -2.28. The van der Waals surface area contributed by atoms with Gasteiger partial charge in [0, 0.05) is 12.3 Å². The summed E-state index contributed by atoms with van der Waals surface area (Å²) in [7, 11) is 0. The number of hydrogen-bond donors (Lipinski definition) is 2. The summed E-state index contributed by atoms with van der Waals surface area (Å²) in [6, 6.07) is 13.1. The molecule has 3 rings (SSSR count). The van der Waals surface area contributed by atoms with E-state index in [1.807, 2.05) is 30.3 Å². The number of aliphatic hydroxyl groups is 1. The first-order valence-corrected chi connectivity index (χ1v) is 8.34. The van der Waals surface area contributed by atoms with Crippen molar-refractivity contribution in [3.8, 4) is 5.88 Å². The number of hydrogen-bond acceptors (Lipinski definition) is 4. The third-order valence-electron chi connectivity index (χ3n) is 4.27. The van der Waals surface area contributed by atoms with Crippen molar-refractivity contribution < 1.29 is 14.6 Å². The van der Waals surface area contributed by atoms with Crippen molar-refractivity contribution in [1.29, 1.82) is 0 Å². The van der Waals surface area contributed by atoms with E-state index in [0.29, 0.717) is 18.1 Å². The fourth-order valence-corrected chi connectivity index (χ4v) is 2.86. The SMILES string of the molecule is O=C(N[C@H]1CCCC[C@@H]1O)c1ccc(OCc2ccccc2)nc1. The predicted octanol–water partition coefficient (Wildman–Crippen LogP) is 2.69. The Morgan fingerprint density at radius 3 is 2.67 bits per heavy atom. The van der Waals surface area contributed by atoms with Crippen LogP contribution < -0.4 is 10.1 Å². The van der Waals surface area contributed by atoms with Gasteiger partial charge in [-0.15, -0.1) is 0 Å². The number of nitrogens with one attached hydrogen (secondary N) is 1. The van der Waals surface area contributed by atoms with Crippen LogP contribution in [0.4, 0.5) is 0 Å². The number of nitrogens with zero attached hydrogens (tertiary/aromatic N) is 1. The van der Waals surface area contributed by atoms with E-state index in [0.717, 1.165) is 31.2 Å². The van der Waals surface area contributed by atoms with Gasteiger partial charge >= 0.3 is 0 Å². The highest BCUT2D eigenvalue weighted by atomic mass is 16.5. The van der Waals surface area contributed by atoms with Gasteiger partial charge in [0.15, 0.2) is 0 Å². The fourth-order valence-electron chi connectivity index (χ4n) is 2.86. The van der Waals surface area contributed by atoms with Crippen LogP contribution in [0.5, 0.6) is 5.88 Å². The molecular weight excluding hydrogens is 304 g/mol. The lowest BCUT2D eigenvalue weighted by molar-refractivity contribution is 0.0717. The number of carbonyl (C=O) groups excluding carboxylic acids is 1. The zero-order valence-corrected chi connectivity index (χ0v) is 13.5. The molecule has 5 nitrogen and oxygen atoms in total. The van der Waals surface area contributed by atoms with Crippen molar-refractivity contribution in [3.63, 3.8) is 0 Å². The van der Waals surface area contributed by atoms with E-state index in [4.69, 9.17) is 4.74 Å². The molecule has 2 atom stereocenters. The summed E-state index contributed by atoms with van der Waals surface area (Å²) in [6.45, 7) is 0.438. The molecule has 1 heterocycles. The van der Waals surface area contributed by atoms with E-state index in [-0.39, 0.29) is 11.9 Å². The summed E-state index contributed by atoms with van der Waals surface area (Å²) >= 11 is 0. The average Bonchev–Trinajstić information content (AvgIpc) is 2.63. The largest absolute Gasteiger partial charge is 0.473 e.